The molecule has 4 rings (SSSR count). The summed E-state index contributed by atoms with van der Waals surface area (Å²) in [5.74, 6) is 0.0757. The number of benzene rings is 1. The van der Waals surface area contributed by atoms with Gasteiger partial charge in [0.1, 0.15) is 10.6 Å². The van der Waals surface area contributed by atoms with E-state index in [2.05, 4.69) is 15.4 Å². The number of carbonyl (C=O) groups is 1. The van der Waals surface area contributed by atoms with E-state index >= 15 is 0 Å². The van der Waals surface area contributed by atoms with Crippen molar-refractivity contribution in [2.75, 3.05) is 26.2 Å². The molecule has 0 atom stereocenters. The highest BCUT2D eigenvalue weighted by atomic mass is 32.2. The first-order valence-corrected chi connectivity index (χ1v) is 10.5. The van der Waals surface area contributed by atoms with Crippen molar-refractivity contribution < 1.29 is 17.7 Å². The van der Waals surface area contributed by atoms with Crippen LogP contribution in [0.3, 0.4) is 0 Å². The van der Waals surface area contributed by atoms with Crippen LogP contribution in [-0.4, -0.2) is 65.1 Å². The number of hydrogen-bond donors (Lipinski definition) is 1. The number of aromatic amines is 1. The van der Waals surface area contributed by atoms with Crippen LogP contribution in [0.2, 0.25) is 0 Å². The molecule has 1 saturated heterocycles. The zero-order chi connectivity index (χ0) is 19.9. The Balaban J connectivity index is 1.55. The van der Waals surface area contributed by atoms with Gasteiger partial charge in [0, 0.05) is 31.6 Å². The Morgan fingerprint density at radius 2 is 1.93 bits per heavy atom. The lowest BCUT2D eigenvalue weighted by Crippen LogP contribution is -2.37. The van der Waals surface area contributed by atoms with E-state index in [0.29, 0.717) is 37.4 Å². The Labute approximate surface area is 162 Å². The van der Waals surface area contributed by atoms with E-state index in [1.54, 1.807) is 18.7 Å². The van der Waals surface area contributed by atoms with Crippen LogP contribution in [0.4, 0.5) is 0 Å². The molecule has 0 spiro atoms. The third-order valence-corrected chi connectivity index (χ3v) is 7.12. The first kappa shape index (κ1) is 18.6. The second kappa shape index (κ2) is 7.02. The molecule has 0 saturated carbocycles. The van der Waals surface area contributed by atoms with Gasteiger partial charge in [-0.2, -0.15) is 9.40 Å². The fourth-order valence-electron chi connectivity index (χ4n) is 3.59. The van der Waals surface area contributed by atoms with Gasteiger partial charge in [-0.25, -0.2) is 8.42 Å². The number of nitrogens with one attached hydrogen (secondary N) is 1. The Morgan fingerprint density at radius 1 is 1.14 bits per heavy atom. The number of amides is 1. The largest absolute Gasteiger partial charge is 0.360 e. The number of aryl methyl sites for hydroxylation is 2. The van der Waals surface area contributed by atoms with Gasteiger partial charge in [-0.15, -0.1) is 0 Å². The molecule has 3 heterocycles. The van der Waals surface area contributed by atoms with E-state index in [1.165, 1.54) is 4.31 Å². The molecule has 1 N–H and O–H groups in total. The number of hydrogen-bond acceptors (Lipinski definition) is 6. The second-order valence-corrected chi connectivity index (χ2v) is 8.70. The van der Waals surface area contributed by atoms with Gasteiger partial charge in [-0.1, -0.05) is 23.4 Å². The fourth-order valence-corrected chi connectivity index (χ4v) is 5.35. The number of rotatable bonds is 3. The van der Waals surface area contributed by atoms with Crippen LogP contribution in [0.15, 0.2) is 33.7 Å². The summed E-state index contributed by atoms with van der Waals surface area (Å²) in [4.78, 5) is 14.7. The molecule has 0 radical (unpaired) electrons. The lowest BCUT2D eigenvalue weighted by Gasteiger charge is -2.21. The number of para-hydroxylation sites is 1. The van der Waals surface area contributed by atoms with Gasteiger partial charge in [0.25, 0.3) is 5.91 Å². The molecule has 1 aliphatic rings. The maximum atomic E-state index is 13.0. The summed E-state index contributed by atoms with van der Waals surface area (Å²) in [6.45, 7) is 4.50. The predicted molar refractivity (Wildman–Crippen MR) is 101 cm³/mol. The van der Waals surface area contributed by atoms with E-state index in [1.807, 2.05) is 24.3 Å². The maximum Gasteiger partial charge on any atom is 0.275 e. The van der Waals surface area contributed by atoms with Crippen molar-refractivity contribution in [2.45, 2.75) is 25.2 Å². The van der Waals surface area contributed by atoms with Crippen molar-refractivity contribution >= 4 is 26.8 Å². The number of sulfonamides is 1. The zero-order valence-electron chi connectivity index (χ0n) is 15.7. The van der Waals surface area contributed by atoms with Gasteiger partial charge >= 0.3 is 0 Å². The zero-order valence-corrected chi connectivity index (χ0v) is 16.5. The third kappa shape index (κ3) is 3.08. The Bertz CT molecular complexity index is 1110. The van der Waals surface area contributed by atoms with Crippen molar-refractivity contribution in [3.63, 3.8) is 0 Å². The molecule has 148 valence electrons. The molecule has 2 aromatic heterocycles. The molecule has 3 aromatic rings. The lowest BCUT2D eigenvalue weighted by molar-refractivity contribution is 0.0760. The molecule has 0 bridgehead atoms. The number of fused-ring (bicyclic) bond motifs is 1. The summed E-state index contributed by atoms with van der Waals surface area (Å²) in [6.07, 6.45) is 0.538. The van der Waals surface area contributed by atoms with Crippen molar-refractivity contribution in [3.05, 3.63) is 41.4 Å². The van der Waals surface area contributed by atoms with E-state index < -0.39 is 10.0 Å². The quantitative estimate of drug-likeness (QED) is 0.712. The van der Waals surface area contributed by atoms with Crippen molar-refractivity contribution in [3.8, 4) is 0 Å². The molecule has 0 unspecified atom stereocenters. The summed E-state index contributed by atoms with van der Waals surface area (Å²) in [5.41, 5.74) is 1.50. The van der Waals surface area contributed by atoms with Gasteiger partial charge in [-0.3, -0.25) is 9.89 Å². The fraction of sp³-hybridized carbons (Fsp3) is 0.389. The average Bonchev–Trinajstić information content (AvgIpc) is 3.14. The van der Waals surface area contributed by atoms with E-state index in [9.17, 15) is 13.2 Å². The van der Waals surface area contributed by atoms with Gasteiger partial charge in [0.2, 0.25) is 10.0 Å². The number of carbonyl (C=O) groups excluding carboxylic acids is 1. The normalized spacial score (nSPS) is 16.4. The Morgan fingerprint density at radius 3 is 2.68 bits per heavy atom. The molecule has 1 fully saturated rings. The molecule has 28 heavy (non-hydrogen) atoms. The maximum absolute atomic E-state index is 13.0. The summed E-state index contributed by atoms with van der Waals surface area (Å²) < 4.78 is 32.5. The highest BCUT2D eigenvalue weighted by Crippen LogP contribution is 2.25. The topological polar surface area (TPSA) is 112 Å². The summed E-state index contributed by atoms with van der Waals surface area (Å²) in [5, 5.41) is 11.5. The first-order valence-electron chi connectivity index (χ1n) is 9.05. The van der Waals surface area contributed by atoms with Crippen LogP contribution in [0, 0.1) is 13.8 Å². The lowest BCUT2D eigenvalue weighted by atomic mass is 10.2. The molecule has 1 amide bonds. The molecule has 0 aliphatic carbocycles. The molecular formula is C18H21N5O4S. The molecule has 10 heteroatoms. The highest BCUT2D eigenvalue weighted by Gasteiger charge is 2.33. The summed E-state index contributed by atoms with van der Waals surface area (Å²) in [7, 11) is -3.72. The van der Waals surface area contributed by atoms with Crippen LogP contribution in [0.5, 0.6) is 0 Å². The van der Waals surface area contributed by atoms with Gasteiger partial charge in [0.15, 0.2) is 11.5 Å². The van der Waals surface area contributed by atoms with E-state index in [-0.39, 0.29) is 23.1 Å². The first-order chi connectivity index (χ1) is 13.4. The minimum atomic E-state index is -3.72. The third-order valence-electron chi connectivity index (χ3n) is 4.98. The number of aromatic nitrogens is 3. The molecule has 1 aliphatic heterocycles. The second-order valence-electron chi connectivity index (χ2n) is 6.82. The van der Waals surface area contributed by atoms with Gasteiger partial charge in [-0.05, 0) is 26.3 Å². The average molecular weight is 403 g/mol. The molecule has 1 aromatic carbocycles. The number of H-pyrrole nitrogens is 1. The van der Waals surface area contributed by atoms with E-state index in [0.717, 1.165) is 10.9 Å². The van der Waals surface area contributed by atoms with E-state index in [4.69, 9.17) is 4.52 Å². The minimum Gasteiger partial charge on any atom is -0.360 e. The van der Waals surface area contributed by atoms with Crippen LogP contribution >= 0.6 is 0 Å². The van der Waals surface area contributed by atoms with Crippen LogP contribution in [0.1, 0.15) is 28.4 Å². The number of nitrogens with zero attached hydrogens (tertiary/aromatic N) is 4. The van der Waals surface area contributed by atoms with Gasteiger partial charge < -0.3 is 9.42 Å². The monoisotopic (exact) mass is 403 g/mol. The van der Waals surface area contributed by atoms with Crippen molar-refractivity contribution in [1.29, 1.82) is 0 Å². The minimum absolute atomic E-state index is 0.116. The molecule has 9 nitrogen and oxygen atoms in total. The smallest absolute Gasteiger partial charge is 0.275 e. The van der Waals surface area contributed by atoms with Crippen molar-refractivity contribution in [2.24, 2.45) is 0 Å². The Hall–Kier alpha value is -2.72. The van der Waals surface area contributed by atoms with Crippen LogP contribution in [-0.2, 0) is 10.0 Å². The molecular weight excluding hydrogens is 382 g/mol. The summed E-state index contributed by atoms with van der Waals surface area (Å²) >= 11 is 0. The summed E-state index contributed by atoms with van der Waals surface area (Å²) in [6, 6.07) is 7.44. The van der Waals surface area contributed by atoms with Crippen molar-refractivity contribution in [1.82, 2.24) is 24.6 Å². The predicted octanol–water partition coefficient (Wildman–Crippen LogP) is 1.70. The standard InChI is InChI=1S/C18H21N5O4S/c1-12-17(13(2)27-21-12)28(25,26)23-9-5-8-22(10-11-23)18(24)16-14-6-3-4-7-15(14)19-20-16/h3-4,6-7H,5,8-11H2,1-2H3,(H,19,20). The SMILES string of the molecule is Cc1noc(C)c1S(=O)(=O)N1CCCN(C(=O)c2n[nH]c3ccccc23)CC1. The van der Waals surface area contributed by atoms with Crippen LogP contribution in [0.25, 0.3) is 10.9 Å². The van der Waals surface area contributed by atoms with Crippen LogP contribution < -0.4 is 0 Å². The highest BCUT2D eigenvalue weighted by molar-refractivity contribution is 7.89. The Kier molecular flexibility index (Phi) is 4.68. The van der Waals surface area contributed by atoms with Gasteiger partial charge in [0.05, 0.1) is 5.52 Å².